The van der Waals surface area contributed by atoms with Gasteiger partial charge in [-0.05, 0) is 25.0 Å². The lowest BCUT2D eigenvalue weighted by Crippen LogP contribution is -2.17. The van der Waals surface area contributed by atoms with Crippen molar-refractivity contribution in [1.82, 2.24) is 0 Å². The molecule has 2 rings (SSSR count). The van der Waals surface area contributed by atoms with Crippen LogP contribution in [0.1, 0.15) is 57.4 Å². The van der Waals surface area contributed by atoms with Crippen molar-refractivity contribution in [3.63, 3.8) is 0 Å². The van der Waals surface area contributed by atoms with E-state index in [1.165, 1.54) is 25.7 Å². The molecule has 0 spiro atoms. The zero-order chi connectivity index (χ0) is 17.0. The highest BCUT2D eigenvalue weighted by Gasteiger charge is 2.20. The van der Waals surface area contributed by atoms with Gasteiger partial charge in [-0.25, -0.2) is 4.99 Å². The van der Waals surface area contributed by atoms with E-state index in [0.717, 1.165) is 18.4 Å². The topological polar surface area (TPSA) is 51.0 Å². The van der Waals surface area contributed by atoms with Gasteiger partial charge in [0, 0.05) is 12.2 Å². The SMILES string of the molecule is CCCCCCC[C@@H](O)CCOCC1COC(c2ccccc2)=N1. The van der Waals surface area contributed by atoms with E-state index in [1.807, 2.05) is 30.3 Å². The fourth-order valence-electron chi connectivity index (χ4n) is 2.81. The van der Waals surface area contributed by atoms with Gasteiger partial charge in [0.1, 0.15) is 12.6 Å². The van der Waals surface area contributed by atoms with E-state index in [0.29, 0.717) is 32.1 Å². The smallest absolute Gasteiger partial charge is 0.216 e. The van der Waals surface area contributed by atoms with Gasteiger partial charge in [-0.1, -0.05) is 57.2 Å². The molecule has 0 bridgehead atoms. The van der Waals surface area contributed by atoms with Gasteiger partial charge in [-0.2, -0.15) is 0 Å². The number of ether oxygens (including phenoxy) is 2. The summed E-state index contributed by atoms with van der Waals surface area (Å²) in [5, 5.41) is 9.96. The minimum atomic E-state index is -0.241. The van der Waals surface area contributed by atoms with Gasteiger partial charge in [0.2, 0.25) is 5.90 Å². The van der Waals surface area contributed by atoms with Gasteiger partial charge in [-0.3, -0.25) is 0 Å². The normalized spacial score (nSPS) is 18.2. The summed E-state index contributed by atoms with van der Waals surface area (Å²) in [6, 6.07) is 10.0. The molecule has 1 heterocycles. The van der Waals surface area contributed by atoms with Crippen molar-refractivity contribution in [3.8, 4) is 0 Å². The number of aliphatic hydroxyl groups is 1. The summed E-state index contributed by atoms with van der Waals surface area (Å²) in [6.07, 6.45) is 7.53. The third-order valence-corrected chi connectivity index (χ3v) is 4.28. The summed E-state index contributed by atoms with van der Waals surface area (Å²) >= 11 is 0. The van der Waals surface area contributed by atoms with E-state index in [9.17, 15) is 5.11 Å². The number of benzene rings is 1. The molecule has 0 saturated carbocycles. The fraction of sp³-hybridized carbons (Fsp3) is 0.650. The van der Waals surface area contributed by atoms with Crippen molar-refractivity contribution in [2.24, 2.45) is 4.99 Å². The molecule has 134 valence electrons. The number of aliphatic hydroxyl groups excluding tert-OH is 1. The summed E-state index contributed by atoms with van der Waals surface area (Å²) in [4.78, 5) is 4.56. The average Bonchev–Trinajstić information content (AvgIpc) is 3.08. The van der Waals surface area contributed by atoms with Gasteiger partial charge in [0.15, 0.2) is 0 Å². The highest BCUT2D eigenvalue weighted by atomic mass is 16.5. The van der Waals surface area contributed by atoms with E-state index in [2.05, 4.69) is 11.9 Å². The molecule has 1 aromatic carbocycles. The van der Waals surface area contributed by atoms with E-state index >= 15 is 0 Å². The van der Waals surface area contributed by atoms with Gasteiger partial charge in [-0.15, -0.1) is 0 Å². The van der Waals surface area contributed by atoms with Crippen LogP contribution in [0, 0.1) is 0 Å². The molecule has 0 aromatic heterocycles. The zero-order valence-corrected chi connectivity index (χ0v) is 14.8. The monoisotopic (exact) mass is 333 g/mol. The average molecular weight is 333 g/mol. The Morgan fingerprint density at radius 2 is 1.96 bits per heavy atom. The number of nitrogens with zero attached hydrogens (tertiary/aromatic N) is 1. The van der Waals surface area contributed by atoms with Crippen molar-refractivity contribution in [2.75, 3.05) is 19.8 Å². The maximum Gasteiger partial charge on any atom is 0.216 e. The maximum absolute atomic E-state index is 9.96. The van der Waals surface area contributed by atoms with Crippen LogP contribution in [0.15, 0.2) is 35.3 Å². The highest BCUT2D eigenvalue weighted by Crippen LogP contribution is 2.13. The molecule has 2 atom stereocenters. The number of aliphatic imine (C=N–C) groups is 1. The van der Waals surface area contributed by atoms with Crippen molar-refractivity contribution in [1.29, 1.82) is 0 Å². The lowest BCUT2D eigenvalue weighted by Gasteiger charge is -2.11. The maximum atomic E-state index is 9.96. The Morgan fingerprint density at radius 3 is 2.75 bits per heavy atom. The lowest BCUT2D eigenvalue weighted by atomic mass is 10.1. The fourth-order valence-corrected chi connectivity index (χ4v) is 2.81. The first-order chi connectivity index (χ1) is 11.8. The van der Waals surface area contributed by atoms with Crippen LogP contribution in [-0.4, -0.2) is 43.0 Å². The molecule has 0 aliphatic carbocycles. The van der Waals surface area contributed by atoms with E-state index in [1.54, 1.807) is 0 Å². The summed E-state index contributed by atoms with van der Waals surface area (Å²) < 4.78 is 11.3. The Morgan fingerprint density at radius 1 is 1.17 bits per heavy atom. The quantitative estimate of drug-likeness (QED) is 0.589. The van der Waals surface area contributed by atoms with E-state index in [-0.39, 0.29) is 12.1 Å². The molecule has 24 heavy (non-hydrogen) atoms. The standard InChI is InChI=1S/C20H31NO3/c1-2-3-4-5-9-12-19(22)13-14-23-15-18-16-24-20(21-18)17-10-7-6-8-11-17/h6-8,10-11,18-19,22H,2-5,9,12-16H2,1H3/t18?,19-/m1/s1. The second-order valence-electron chi connectivity index (χ2n) is 6.49. The third-order valence-electron chi connectivity index (χ3n) is 4.28. The van der Waals surface area contributed by atoms with Gasteiger partial charge >= 0.3 is 0 Å². The van der Waals surface area contributed by atoms with Crippen molar-refractivity contribution in [3.05, 3.63) is 35.9 Å². The highest BCUT2D eigenvalue weighted by molar-refractivity contribution is 5.95. The Kier molecular flexibility index (Phi) is 8.85. The number of hydrogen-bond donors (Lipinski definition) is 1. The molecule has 4 heteroatoms. The second kappa shape index (κ2) is 11.2. The van der Waals surface area contributed by atoms with E-state index < -0.39 is 0 Å². The predicted molar refractivity (Wildman–Crippen MR) is 97.5 cm³/mol. The summed E-state index contributed by atoms with van der Waals surface area (Å²) in [7, 11) is 0. The molecular formula is C20H31NO3. The summed E-state index contributed by atoms with van der Waals surface area (Å²) in [5.41, 5.74) is 1.01. The van der Waals surface area contributed by atoms with Crippen LogP contribution in [0.5, 0.6) is 0 Å². The Balaban J connectivity index is 1.54. The van der Waals surface area contributed by atoms with Crippen LogP contribution in [0.4, 0.5) is 0 Å². The minimum Gasteiger partial charge on any atom is -0.475 e. The molecule has 4 nitrogen and oxygen atoms in total. The van der Waals surface area contributed by atoms with Crippen molar-refractivity contribution in [2.45, 2.75) is 64.0 Å². The van der Waals surface area contributed by atoms with Crippen LogP contribution in [0.25, 0.3) is 0 Å². The van der Waals surface area contributed by atoms with Crippen molar-refractivity contribution >= 4 is 5.90 Å². The molecular weight excluding hydrogens is 302 g/mol. The van der Waals surface area contributed by atoms with Gasteiger partial charge in [0.05, 0.1) is 12.7 Å². The molecule has 1 N–H and O–H groups in total. The molecule has 0 saturated heterocycles. The molecule has 0 radical (unpaired) electrons. The summed E-state index contributed by atoms with van der Waals surface area (Å²) in [5.74, 6) is 0.705. The summed E-state index contributed by atoms with van der Waals surface area (Å²) in [6.45, 7) is 3.93. The predicted octanol–water partition coefficient (Wildman–Crippen LogP) is 3.96. The first kappa shape index (κ1) is 18.9. The van der Waals surface area contributed by atoms with Crippen LogP contribution >= 0.6 is 0 Å². The molecule has 0 fully saturated rings. The van der Waals surface area contributed by atoms with Gasteiger partial charge < -0.3 is 14.6 Å². The lowest BCUT2D eigenvalue weighted by molar-refractivity contribution is 0.0675. The molecule has 1 aromatic rings. The number of rotatable bonds is 12. The van der Waals surface area contributed by atoms with Gasteiger partial charge in [0.25, 0.3) is 0 Å². The van der Waals surface area contributed by atoms with E-state index in [4.69, 9.17) is 9.47 Å². The molecule has 1 unspecified atom stereocenters. The van der Waals surface area contributed by atoms with Crippen LogP contribution in [0.3, 0.4) is 0 Å². The molecule has 0 amide bonds. The number of unbranched alkanes of at least 4 members (excludes halogenated alkanes) is 4. The van der Waals surface area contributed by atoms with Crippen LogP contribution < -0.4 is 0 Å². The first-order valence-electron chi connectivity index (χ1n) is 9.31. The van der Waals surface area contributed by atoms with Crippen molar-refractivity contribution < 1.29 is 14.6 Å². The number of hydrogen-bond acceptors (Lipinski definition) is 4. The third kappa shape index (κ3) is 7.02. The van der Waals surface area contributed by atoms with Crippen LogP contribution in [-0.2, 0) is 9.47 Å². The minimum absolute atomic E-state index is 0.0615. The largest absolute Gasteiger partial charge is 0.475 e. The molecule has 1 aliphatic heterocycles. The Bertz CT molecular complexity index is 475. The second-order valence-corrected chi connectivity index (χ2v) is 6.49. The zero-order valence-electron chi connectivity index (χ0n) is 14.8. The van der Waals surface area contributed by atoms with Crippen LogP contribution in [0.2, 0.25) is 0 Å². The Hall–Kier alpha value is -1.39. The first-order valence-corrected chi connectivity index (χ1v) is 9.31. The molecule has 1 aliphatic rings. The Labute approximate surface area is 145 Å².